The van der Waals surface area contributed by atoms with Crippen LogP contribution in [0.3, 0.4) is 0 Å². The van der Waals surface area contributed by atoms with Crippen LogP contribution in [0.1, 0.15) is 39.5 Å². The summed E-state index contributed by atoms with van der Waals surface area (Å²) in [4.78, 5) is 24.2. The van der Waals surface area contributed by atoms with Gasteiger partial charge in [0, 0.05) is 19.0 Å². The SMILES string of the molecule is CCCC(=O)N(C[C@H](C)C(=O)O)C1CC1. The number of hydrogen-bond acceptors (Lipinski definition) is 2. The lowest BCUT2D eigenvalue weighted by Crippen LogP contribution is -2.38. The summed E-state index contributed by atoms with van der Waals surface area (Å²) in [6.45, 7) is 3.97. The Hall–Kier alpha value is -1.06. The second kappa shape index (κ2) is 5.14. The summed E-state index contributed by atoms with van der Waals surface area (Å²) in [5.41, 5.74) is 0. The highest BCUT2D eigenvalue weighted by molar-refractivity contribution is 5.78. The molecule has 1 N–H and O–H groups in total. The summed E-state index contributed by atoms with van der Waals surface area (Å²) in [5, 5.41) is 8.81. The van der Waals surface area contributed by atoms with Crippen LogP contribution in [-0.4, -0.2) is 34.5 Å². The lowest BCUT2D eigenvalue weighted by atomic mass is 10.1. The van der Waals surface area contributed by atoms with E-state index in [4.69, 9.17) is 5.11 Å². The molecule has 0 aromatic heterocycles. The Kier molecular flexibility index (Phi) is 4.12. The van der Waals surface area contributed by atoms with Crippen LogP contribution in [0.25, 0.3) is 0 Å². The maximum absolute atomic E-state index is 11.7. The highest BCUT2D eigenvalue weighted by Gasteiger charge is 2.33. The van der Waals surface area contributed by atoms with Crippen molar-refractivity contribution >= 4 is 11.9 Å². The van der Waals surface area contributed by atoms with E-state index in [-0.39, 0.29) is 5.91 Å². The monoisotopic (exact) mass is 213 g/mol. The molecule has 86 valence electrons. The Morgan fingerprint density at radius 3 is 2.47 bits per heavy atom. The van der Waals surface area contributed by atoms with Crippen LogP contribution in [0.15, 0.2) is 0 Å². The minimum atomic E-state index is -0.829. The van der Waals surface area contributed by atoms with Crippen molar-refractivity contribution in [1.29, 1.82) is 0 Å². The van der Waals surface area contributed by atoms with E-state index in [1.807, 2.05) is 6.92 Å². The average molecular weight is 213 g/mol. The number of aliphatic carboxylic acids is 1. The molecule has 1 amide bonds. The van der Waals surface area contributed by atoms with Gasteiger partial charge in [-0.15, -0.1) is 0 Å². The molecule has 15 heavy (non-hydrogen) atoms. The first kappa shape index (κ1) is 12.0. The molecule has 0 radical (unpaired) electrons. The predicted octanol–water partition coefficient (Wildman–Crippen LogP) is 1.50. The third-order valence-electron chi connectivity index (χ3n) is 2.66. The maximum atomic E-state index is 11.7. The molecular weight excluding hydrogens is 194 g/mol. The first-order chi connectivity index (χ1) is 7.06. The minimum Gasteiger partial charge on any atom is -0.481 e. The molecule has 0 aromatic carbocycles. The fourth-order valence-electron chi connectivity index (χ4n) is 1.57. The second-order valence-electron chi connectivity index (χ2n) is 4.27. The Labute approximate surface area is 90.3 Å². The van der Waals surface area contributed by atoms with Crippen LogP contribution < -0.4 is 0 Å². The molecule has 0 bridgehead atoms. The van der Waals surface area contributed by atoms with Gasteiger partial charge in [0.05, 0.1) is 5.92 Å². The topological polar surface area (TPSA) is 57.6 Å². The Balaban J connectivity index is 2.50. The Morgan fingerprint density at radius 1 is 1.47 bits per heavy atom. The van der Waals surface area contributed by atoms with E-state index in [0.29, 0.717) is 19.0 Å². The van der Waals surface area contributed by atoms with E-state index in [1.54, 1.807) is 11.8 Å². The zero-order valence-corrected chi connectivity index (χ0v) is 9.40. The van der Waals surface area contributed by atoms with Crippen molar-refractivity contribution in [3.8, 4) is 0 Å². The smallest absolute Gasteiger partial charge is 0.308 e. The average Bonchev–Trinajstić information content (AvgIpc) is 2.97. The Morgan fingerprint density at radius 2 is 2.07 bits per heavy atom. The first-order valence-corrected chi connectivity index (χ1v) is 5.58. The summed E-state index contributed by atoms with van der Waals surface area (Å²) >= 11 is 0. The summed E-state index contributed by atoms with van der Waals surface area (Å²) in [6, 6.07) is 0.311. The van der Waals surface area contributed by atoms with Gasteiger partial charge in [0.2, 0.25) is 5.91 Å². The van der Waals surface area contributed by atoms with Gasteiger partial charge in [0.25, 0.3) is 0 Å². The fraction of sp³-hybridized carbons (Fsp3) is 0.818. The zero-order valence-electron chi connectivity index (χ0n) is 9.40. The van der Waals surface area contributed by atoms with E-state index < -0.39 is 11.9 Å². The van der Waals surface area contributed by atoms with E-state index in [1.165, 1.54) is 0 Å². The van der Waals surface area contributed by atoms with Crippen molar-refractivity contribution in [1.82, 2.24) is 4.90 Å². The van der Waals surface area contributed by atoms with Gasteiger partial charge in [-0.25, -0.2) is 0 Å². The normalized spacial score (nSPS) is 17.2. The molecule has 1 rings (SSSR count). The molecule has 0 spiro atoms. The molecule has 1 atom stereocenters. The largest absolute Gasteiger partial charge is 0.481 e. The van der Waals surface area contributed by atoms with Crippen LogP contribution >= 0.6 is 0 Å². The molecule has 1 aliphatic carbocycles. The molecule has 0 heterocycles. The summed E-state index contributed by atoms with van der Waals surface area (Å²) in [6.07, 6.45) is 3.41. The summed E-state index contributed by atoms with van der Waals surface area (Å²) in [5.74, 6) is -1.19. The van der Waals surface area contributed by atoms with E-state index in [9.17, 15) is 9.59 Å². The van der Waals surface area contributed by atoms with Crippen molar-refractivity contribution in [2.75, 3.05) is 6.54 Å². The van der Waals surface area contributed by atoms with Crippen LogP contribution in [0.2, 0.25) is 0 Å². The van der Waals surface area contributed by atoms with Gasteiger partial charge in [-0.1, -0.05) is 13.8 Å². The van der Waals surface area contributed by atoms with Crippen molar-refractivity contribution < 1.29 is 14.7 Å². The van der Waals surface area contributed by atoms with Crippen LogP contribution in [0.4, 0.5) is 0 Å². The standard InChI is InChI=1S/C11H19NO3/c1-3-4-10(13)12(9-5-6-9)7-8(2)11(14)15/h8-9H,3-7H2,1-2H3,(H,14,15)/t8-/m0/s1. The predicted molar refractivity (Wildman–Crippen MR) is 56.4 cm³/mol. The van der Waals surface area contributed by atoms with Gasteiger partial charge in [0.15, 0.2) is 0 Å². The molecule has 1 fully saturated rings. The number of amides is 1. The van der Waals surface area contributed by atoms with Crippen LogP contribution in [0, 0.1) is 5.92 Å². The van der Waals surface area contributed by atoms with E-state index in [0.717, 1.165) is 19.3 Å². The highest BCUT2D eigenvalue weighted by Crippen LogP contribution is 2.28. The second-order valence-corrected chi connectivity index (χ2v) is 4.27. The molecular formula is C11H19NO3. The molecule has 1 aliphatic rings. The number of carboxylic acids is 1. The number of nitrogens with zero attached hydrogens (tertiary/aromatic N) is 1. The summed E-state index contributed by atoms with van der Waals surface area (Å²) in [7, 11) is 0. The van der Waals surface area contributed by atoms with Crippen LogP contribution in [0.5, 0.6) is 0 Å². The number of carbonyl (C=O) groups is 2. The first-order valence-electron chi connectivity index (χ1n) is 5.58. The number of hydrogen-bond donors (Lipinski definition) is 1. The molecule has 4 nitrogen and oxygen atoms in total. The van der Waals surface area contributed by atoms with Gasteiger partial charge < -0.3 is 10.0 Å². The zero-order chi connectivity index (χ0) is 11.4. The molecule has 4 heteroatoms. The number of carboxylic acid groups (broad SMARTS) is 1. The minimum absolute atomic E-state index is 0.105. The van der Waals surface area contributed by atoms with Gasteiger partial charge >= 0.3 is 5.97 Å². The van der Waals surface area contributed by atoms with Crippen molar-refractivity contribution in [3.05, 3.63) is 0 Å². The van der Waals surface area contributed by atoms with Gasteiger partial charge in [-0.05, 0) is 19.3 Å². The Bertz CT molecular complexity index is 248. The molecule has 0 aromatic rings. The van der Waals surface area contributed by atoms with Crippen LogP contribution in [-0.2, 0) is 9.59 Å². The van der Waals surface area contributed by atoms with Gasteiger partial charge in [-0.3, -0.25) is 9.59 Å². The fourth-order valence-corrected chi connectivity index (χ4v) is 1.57. The van der Waals surface area contributed by atoms with Crippen molar-refractivity contribution in [3.63, 3.8) is 0 Å². The lowest BCUT2D eigenvalue weighted by molar-refractivity contribution is -0.143. The van der Waals surface area contributed by atoms with Crippen molar-refractivity contribution in [2.24, 2.45) is 5.92 Å². The number of carbonyl (C=O) groups excluding carboxylic acids is 1. The molecule has 0 saturated heterocycles. The third kappa shape index (κ3) is 3.53. The number of rotatable bonds is 6. The molecule has 0 aliphatic heterocycles. The van der Waals surface area contributed by atoms with E-state index >= 15 is 0 Å². The van der Waals surface area contributed by atoms with E-state index in [2.05, 4.69) is 0 Å². The molecule has 1 saturated carbocycles. The highest BCUT2D eigenvalue weighted by atomic mass is 16.4. The maximum Gasteiger partial charge on any atom is 0.308 e. The lowest BCUT2D eigenvalue weighted by Gasteiger charge is -2.24. The molecule has 0 unspecified atom stereocenters. The van der Waals surface area contributed by atoms with Gasteiger partial charge in [-0.2, -0.15) is 0 Å². The van der Waals surface area contributed by atoms with Gasteiger partial charge in [0.1, 0.15) is 0 Å². The quantitative estimate of drug-likeness (QED) is 0.727. The van der Waals surface area contributed by atoms with Crippen molar-refractivity contribution in [2.45, 2.75) is 45.6 Å². The summed E-state index contributed by atoms with van der Waals surface area (Å²) < 4.78 is 0. The third-order valence-corrected chi connectivity index (χ3v) is 2.66.